The molecule has 0 fully saturated rings. The number of fused-ring (bicyclic) bond motifs is 1. The third-order valence-electron chi connectivity index (χ3n) is 3.67. The molecular formula is C16H15IN2O4S2. The van der Waals surface area contributed by atoms with Crippen LogP contribution in [0, 0.1) is 3.57 Å². The number of hydrogen-bond acceptors (Lipinski definition) is 5. The second-order valence-corrected chi connectivity index (χ2v) is 9.03. The van der Waals surface area contributed by atoms with E-state index in [9.17, 15) is 13.2 Å². The lowest BCUT2D eigenvalue weighted by molar-refractivity contribution is 0.411. The van der Waals surface area contributed by atoms with Gasteiger partial charge in [0, 0.05) is 6.54 Å². The van der Waals surface area contributed by atoms with Crippen LogP contribution in [0.5, 0.6) is 5.75 Å². The lowest BCUT2D eigenvalue weighted by Crippen LogP contribution is -2.13. The summed E-state index contributed by atoms with van der Waals surface area (Å²) in [6.07, 6.45) is 0. The summed E-state index contributed by atoms with van der Waals surface area (Å²) in [4.78, 5) is 12.0. The van der Waals surface area contributed by atoms with Crippen molar-refractivity contribution >= 4 is 59.9 Å². The van der Waals surface area contributed by atoms with E-state index >= 15 is 0 Å². The number of benzene rings is 2. The number of halogens is 1. The normalized spacial score (nSPS) is 11.6. The Balaban J connectivity index is 1.96. The molecule has 9 heteroatoms. The van der Waals surface area contributed by atoms with Gasteiger partial charge in [-0.15, -0.1) is 0 Å². The Bertz CT molecular complexity index is 1100. The average Bonchev–Trinajstić information content (AvgIpc) is 2.88. The quantitative estimate of drug-likeness (QED) is 0.556. The number of nitrogens with zero attached hydrogens (tertiary/aromatic N) is 1. The van der Waals surface area contributed by atoms with Gasteiger partial charge >= 0.3 is 4.87 Å². The summed E-state index contributed by atoms with van der Waals surface area (Å²) in [6.45, 7) is 2.48. The van der Waals surface area contributed by atoms with Crippen LogP contribution in [-0.2, 0) is 16.6 Å². The van der Waals surface area contributed by atoms with Gasteiger partial charge in [-0.3, -0.25) is 14.1 Å². The molecule has 0 atom stereocenters. The van der Waals surface area contributed by atoms with Crippen LogP contribution in [0.1, 0.15) is 6.92 Å². The van der Waals surface area contributed by atoms with Gasteiger partial charge in [-0.25, -0.2) is 8.42 Å². The monoisotopic (exact) mass is 490 g/mol. The smallest absolute Gasteiger partial charge is 0.308 e. The van der Waals surface area contributed by atoms with E-state index in [0.717, 1.165) is 21.6 Å². The van der Waals surface area contributed by atoms with Crippen LogP contribution in [0.4, 0.5) is 5.69 Å². The first kappa shape index (κ1) is 18.2. The Hall–Kier alpha value is -1.59. The molecular weight excluding hydrogens is 475 g/mol. The van der Waals surface area contributed by atoms with Crippen molar-refractivity contribution in [1.82, 2.24) is 4.57 Å². The predicted octanol–water partition coefficient (Wildman–Crippen LogP) is 3.50. The van der Waals surface area contributed by atoms with Crippen molar-refractivity contribution in [2.24, 2.45) is 0 Å². The first-order valence-corrected chi connectivity index (χ1v) is 10.7. The van der Waals surface area contributed by atoms with Crippen molar-refractivity contribution in [3.63, 3.8) is 0 Å². The minimum Gasteiger partial charge on any atom is -0.496 e. The summed E-state index contributed by atoms with van der Waals surface area (Å²) in [5, 5.41) is 0. The number of aryl methyl sites for hydroxylation is 1. The van der Waals surface area contributed by atoms with Crippen LogP contribution in [-0.4, -0.2) is 20.1 Å². The zero-order chi connectivity index (χ0) is 18.2. The van der Waals surface area contributed by atoms with E-state index in [-0.39, 0.29) is 9.77 Å². The minimum atomic E-state index is -3.73. The summed E-state index contributed by atoms with van der Waals surface area (Å²) >= 11 is 3.13. The fraction of sp³-hybridized carbons (Fsp3) is 0.188. The molecule has 0 saturated heterocycles. The molecule has 6 nitrogen and oxygen atoms in total. The van der Waals surface area contributed by atoms with Gasteiger partial charge < -0.3 is 4.74 Å². The Morgan fingerprint density at radius 3 is 2.64 bits per heavy atom. The van der Waals surface area contributed by atoms with E-state index in [1.165, 1.54) is 13.2 Å². The molecule has 0 radical (unpaired) electrons. The standard InChI is InChI=1S/C16H15IN2O4S2/c1-3-19-13-6-4-10(8-15(13)24-16(19)20)18-25(21,22)11-5-7-14(23-2)12(17)9-11/h4-9,18H,3H2,1-2H3. The van der Waals surface area contributed by atoms with Crippen molar-refractivity contribution in [2.45, 2.75) is 18.4 Å². The van der Waals surface area contributed by atoms with Gasteiger partial charge in [0.05, 0.1) is 31.5 Å². The SMILES string of the molecule is CCn1c(=O)sc2cc(NS(=O)(=O)c3ccc(OC)c(I)c3)ccc21. The zero-order valence-electron chi connectivity index (χ0n) is 13.4. The maximum Gasteiger partial charge on any atom is 0.308 e. The van der Waals surface area contributed by atoms with Crippen molar-refractivity contribution in [3.05, 3.63) is 49.6 Å². The van der Waals surface area contributed by atoms with Crippen molar-refractivity contribution in [2.75, 3.05) is 11.8 Å². The van der Waals surface area contributed by atoms with E-state index in [4.69, 9.17) is 4.74 Å². The molecule has 132 valence electrons. The van der Waals surface area contributed by atoms with Crippen LogP contribution in [0.25, 0.3) is 10.2 Å². The van der Waals surface area contributed by atoms with Gasteiger partial charge in [0.1, 0.15) is 5.75 Å². The maximum absolute atomic E-state index is 12.6. The average molecular weight is 490 g/mol. The van der Waals surface area contributed by atoms with Crippen LogP contribution in [0.15, 0.2) is 46.1 Å². The molecule has 0 unspecified atom stereocenters. The van der Waals surface area contributed by atoms with Gasteiger partial charge in [0.2, 0.25) is 0 Å². The molecule has 0 spiro atoms. The predicted molar refractivity (Wildman–Crippen MR) is 108 cm³/mol. The van der Waals surface area contributed by atoms with Crippen LogP contribution >= 0.6 is 33.9 Å². The molecule has 0 saturated carbocycles. The second-order valence-electron chi connectivity index (χ2n) is 5.20. The molecule has 0 aliphatic carbocycles. The van der Waals surface area contributed by atoms with E-state index in [1.807, 2.05) is 29.5 Å². The summed E-state index contributed by atoms with van der Waals surface area (Å²) < 4.78 is 36.0. The van der Waals surface area contributed by atoms with E-state index in [1.54, 1.807) is 34.9 Å². The molecule has 0 amide bonds. The highest BCUT2D eigenvalue weighted by Gasteiger charge is 2.17. The fourth-order valence-electron chi connectivity index (χ4n) is 2.46. The molecule has 0 aliphatic rings. The first-order valence-electron chi connectivity index (χ1n) is 7.35. The summed E-state index contributed by atoms with van der Waals surface area (Å²) in [6, 6.07) is 9.76. The van der Waals surface area contributed by atoms with Crippen LogP contribution < -0.4 is 14.3 Å². The third kappa shape index (κ3) is 3.53. The number of anilines is 1. The number of sulfonamides is 1. The molecule has 3 aromatic rings. The van der Waals surface area contributed by atoms with Crippen molar-refractivity contribution in [3.8, 4) is 5.75 Å². The lowest BCUT2D eigenvalue weighted by Gasteiger charge is -2.10. The number of ether oxygens (including phenoxy) is 1. The van der Waals surface area contributed by atoms with Gasteiger partial charge in [0.15, 0.2) is 0 Å². The number of aromatic nitrogens is 1. The summed E-state index contributed by atoms with van der Waals surface area (Å²) in [7, 11) is -2.19. The molecule has 25 heavy (non-hydrogen) atoms. The van der Waals surface area contributed by atoms with Gasteiger partial charge in [-0.1, -0.05) is 11.3 Å². The number of nitrogens with one attached hydrogen (secondary N) is 1. The molecule has 2 aromatic carbocycles. The van der Waals surface area contributed by atoms with Crippen LogP contribution in [0.3, 0.4) is 0 Å². The first-order chi connectivity index (χ1) is 11.9. The Morgan fingerprint density at radius 2 is 2.00 bits per heavy atom. The van der Waals surface area contributed by atoms with Gasteiger partial charge in [0.25, 0.3) is 10.0 Å². The van der Waals surface area contributed by atoms with Gasteiger partial charge in [-0.05, 0) is 65.9 Å². The van der Waals surface area contributed by atoms with Crippen molar-refractivity contribution in [1.29, 1.82) is 0 Å². The van der Waals surface area contributed by atoms with E-state index < -0.39 is 10.0 Å². The Kier molecular flexibility index (Phi) is 5.07. The summed E-state index contributed by atoms with van der Waals surface area (Å²) in [5.41, 5.74) is 1.22. The summed E-state index contributed by atoms with van der Waals surface area (Å²) in [5.74, 6) is 0.617. The molecule has 1 aromatic heterocycles. The second kappa shape index (κ2) is 6.96. The number of methoxy groups -OCH3 is 1. The zero-order valence-corrected chi connectivity index (χ0v) is 17.2. The van der Waals surface area contributed by atoms with E-state index in [0.29, 0.717) is 21.6 Å². The highest BCUT2D eigenvalue weighted by atomic mass is 127. The van der Waals surface area contributed by atoms with Crippen molar-refractivity contribution < 1.29 is 13.2 Å². The third-order valence-corrected chi connectivity index (χ3v) is 6.83. The molecule has 1 N–H and O–H groups in total. The highest BCUT2D eigenvalue weighted by molar-refractivity contribution is 14.1. The Morgan fingerprint density at radius 1 is 1.24 bits per heavy atom. The molecule has 3 rings (SSSR count). The maximum atomic E-state index is 12.6. The van der Waals surface area contributed by atoms with Crippen LogP contribution in [0.2, 0.25) is 0 Å². The Labute approximate surface area is 162 Å². The number of hydrogen-bond donors (Lipinski definition) is 1. The largest absolute Gasteiger partial charge is 0.496 e. The lowest BCUT2D eigenvalue weighted by atomic mass is 10.3. The topological polar surface area (TPSA) is 77.4 Å². The minimum absolute atomic E-state index is 0.0535. The molecule has 0 bridgehead atoms. The number of rotatable bonds is 5. The fourth-order valence-corrected chi connectivity index (χ4v) is 5.47. The number of thiazole rings is 1. The van der Waals surface area contributed by atoms with Gasteiger partial charge in [-0.2, -0.15) is 0 Å². The molecule has 1 heterocycles. The highest BCUT2D eigenvalue weighted by Crippen LogP contribution is 2.27. The van der Waals surface area contributed by atoms with E-state index in [2.05, 4.69) is 4.72 Å². The molecule has 0 aliphatic heterocycles.